The van der Waals surface area contributed by atoms with Gasteiger partial charge in [0, 0.05) is 17.7 Å². The van der Waals surface area contributed by atoms with Crippen molar-refractivity contribution in [1.82, 2.24) is 0 Å². The van der Waals surface area contributed by atoms with E-state index in [0.29, 0.717) is 0 Å². The van der Waals surface area contributed by atoms with Crippen molar-refractivity contribution in [2.45, 2.75) is 31.4 Å². The summed E-state index contributed by atoms with van der Waals surface area (Å²) in [5.74, 6) is -0.567. The first-order chi connectivity index (χ1) is 10.3. The number of nitrogens with one attached hydrogen (secondary N) is 1. The molecule has 1 amide bonds. The number of hydrogen-bond acceptors (Lipinski definition) is 1. The molecular formula is C14H12F7NO. The van der Waals surface area contributed by atoms with E-state index in [0.717, 1.165) is 24.3 Å². The maximum absolute atomic E-state index is 13.6. The molecule has 0 unspecified atom stereocenters. The molecule has 1 aromatic rings. The van der Waals surface area contributed by atoms with E-state index < -0.39 is 35.9 Å². The molecule has 0 atom stereocenters. The van der Waals surface area contributed by atoms with Gasteiger partial charge in [-0.1, -0.05) is 18.7 Å². The molecule has 0 saturated heterocycles. The van der Waals surface area contributed by atoms with E-state index in [2.05, 4.69) is 11.9 Å². The highest BCUT2D eigenvalue weighted by molar-refractivity contribution is 6.02. The summed E-state index contributed by atoms with van der Waals surface area (Å²) in [5.41, 5.74) is -5.57. The summed E-state index contributed by atoms with van der Waals surface area (Å²) in [4.78, 5) is 11.3. The Balaban J connectivity index is 3.00. The molecule has 0 saturated carbocycles. The maximum Gasteiger partial charge on any atom is 0.431 e. The molecule has 9 heteroatoms. The number of rotatable bonds is 4. The second-order valence-corrected chi connectivity index (χ2v) is 4.90. The van der Waals surface area contributed by atoms with Crippen molar-refractivity contribution in [3.63, 3.8) is 0 Å². The molecular weight excluding hydrogens is 331 g/mol. The highest BCUT2D eigenvalue weighted by Crippen LogP contribution is 2.48. The Bertz CT molecular complexity index is 573. The van der Waals surface area contributed by atoms with Crippen LogP contribution in [0.4, 0.5) is 36.4 Å². The normalized spacial score (nSPS) is 12.9. The van der Waals surface area contributed by atoms with Gasteiger partial charge in [0.1, 0.15) is 0 Å². The third-order valence-electron chi connectivity index (χ3n) is 2.95. The van der Waals surface area contributed by atoms with E-state index in [1.165, 1.54) is 6.92 Å². The largest absolute Gasteiger partial charge is 0.431 e. The van der Waals surface area contributed by atoms with Gasteiger partial charge in [-0.15, -0.1) is 0 Å². The van der Waals surface area contributed by atoms with Crippen LogP contribution >= 0.6 is 0 Å². The molecule has 23 heavy (non-hydrogen) atoms. The molecule has 0 fully saturated rings. The average molecular weight is 343 g/mol. The van der Waals surface area contributed by atoms with E-state index in [1.54, 1.807) is 0 Å². The highest BCUT2D eigenvalue weighted by atomic mass is 19.4. The van der Waals surface area contributed by atoms with Crippen LogP contribution in [-0.4, -0.2) is 23.9 Å². The first-order valence-electron chi connectivity index (χ1n) is 6.16. The zero-order chi connectivity index (χ0) is 18.1. The lowest BCUT2D eigenvalue weighted by atomic mass is 9.94. The summed E-state index contributed by atoms with van der Waals surface area (Å²) in [6, 6.07) is 3.90. The predicted octanol–water partition coefficient (Wildman–Crippen LogP) is 4.58. The molecule has 128 valence electrons. The number of anilines is 1. The fourth-order valence-corrected chi connectivity index (χ4v) is 1.59. The van der Waals surface area contributed by atoms with Crippen molar-refractivity contribution >= 4 is 11.6 Å². The maximum atomic E-state index is 13.6. The lowest BCUT2D eigenvalue weighted by Gasteiger charge is -2.30. The van der Waals surface area contributed by atoms with E-state index in [4.69, 9.17) is 0 Å². The quantitative estimate of drug-likeness (QED) is 0.629. The minimum atomic E-state index is -6.10. The Hall–Kier alpha value is -2.06. The summed E-state index contributed by atoms with van der Waals surface area (Å²) < 4.78 is 88.4. The molecule has 0 aliphatic rings. The number of halogens is 7. The lowest BCUT2D eigenvalue weighted by Crippen LogP contribution is -2.54. The Labute approximate surface area is 127 Å². The molecule has 0 heterocycles. The monoisotopic (exact) mass is 343 g/mol. The van der Waals surface area contributed by atoms with Crippen LogP contribution in [0.25, 0.3) is 0 Å². The van der Waals surface area contributed by atoms with Gasteiger partial charge in [0.2, 0.25) is 0 Å². The minimum Gasteiger partial charge on any atom is -0.322 e. The van der Waals surface area contributed by atoms with Crippen LogP contribution in [0.1, 0.15) is 12.5 Å². The number of alkyl halides is 7. The van der Waals surface area contributed by atoms with Gasteiger partial charge in [0.05, 0.1) is 0 Å². The van der Waals surface area contributed by atoms with Gasteiger partial charge < -0.3 is 5.32 Å². The first-order valence-corrected chi connectivity index (χ1v) is 6.16. The van der Waals surface area contributed by atoms with Crippen LogP contribution in [0.2, 0.25) is 0 Å². The minimum absolute atomic E-state index is 0.130. The molecule has 0 aliphatic carbocycles. The van der Waals surface area contributed by atoms with Crippen LogP contribution in [0.5, 0.6) is 0 Å². The number of amides is 1. The van der Waals surface area contributed by atoms with Crippen LogP contribution in [0.3, 0.4) is 0 Å². The Morgan fingerprint density at radius 3 is 1.78 bits per heavy atom. The summed E-state index contributed by atoms with van der Waals surface area (Å²) in [6.07, 6.45) is -14.1. The average Bonchev–Trinajstić information content (AvgIpc) is 2.38. The van der Waals surface area contributed by atoms with E-state index in [1.807, 2.05) is 0 Å². The van der Waals surface area contributed by atoms with Crippen LogP contribution in [0, 0.1) is 0 Å². The van der Waals surface area contributed by atoms with Crippen LogP contribution in [0.15, 0.2) is 36.4 Å². The highest BCUT2D eigenvalue weighted by Gasteiger charge is 2.72. The smallest absolute Gasteiger partial charge is 0.322 e. The summed E-state index contributed by atoms with van der Waals surface area (Å²) in [6.45, 7) is 4.77. The molecule has 0 radical (unpaired) electrons. The number of carbonyl (C=O) groups excluding carboxylic acids is 1. The number of carbonyl (C=O) groups is 1. The topological polar surface area (TPSA) is 29.1 Å². The van der Waals surface area contributed by atoms with Crippen molar-refractivity contribution < 1.29 is 35.5 Å². The number of benzene rings is 1. The van der Waals surface area contributed by atoms with Gasteiger partial charge in [-0.25, -0.2) is 4.39 Å². The molecule has 1 rings (SSSR count). The summed E-state index contributed by atoms with van der Waals surface area (Å²) >= 11 is 0. The zero-order valence-corrected chi connectivity index (χ0v) is 11.8. The third kappa shape index (κ3) is 4.23. The predicted molar refractivity (Wildman–Crippen MR) is 69.5 cm³/mol. The fourth-order valence-electron chi connectivity index (χ4n) is 1.59. The third-order valence-corrected chi connectivity index (χ3v) is 2.95. The van der Waals surface area contributed by atoms with Crippen molar-refractivity contribution in [2.75, 3.05) is 5.32 Å². The Morgan fingerprint density at radius 2 is 1.43 bits per heavy atom. The number of hydrogen-bond donors (Lipinski definition) is 1. The van der Waals surface area contributed by atoms with Crippen molar-refractivity contribution in [3.8, 4) is 0 Å². The van der Waals surface area contributed by atoms with E-state index in [9.17, 15) is 35.5 Å². The van der Waals surface area contributed by atoms with Gasteiger partial charge in [-0.05, 0) is 24.6 Å². The van der Waals surface area contributed by atoms with E-state index >= 15 is 0 Å². The second kappa shape index (κ2) is 6.21. The second-order valence-electron chi connectivity index (χ2n) is 4.90. The Kier molecular flexibility index (Phi) is 5.13. The van der Waals surface area contributed by atoms with Crippen molar-refractivity contribution in [1.29, 1.82) is 0 Å². The molecule has 0 bridgehead atoms. The van der Waals surface area contributed by atoms with Gasteiger partial charge in [0.25, 0.3) is 5.91 Å². The van der Waals surface area contributed by atoms with Crippen LogP contribution < -0.4 is 5.32 Å². The fraction of sp³-hybridized carbons (Fsp3) is 0.357. The van der Waals surface area contributed by atoms with E-state index in [-0.39, 0.29) is 11.3 Å². The zero-order valence-electron chi connectivity index (χ0n) is 11.8. The van der Waals surface area contributed by atoms with Gasteiger partial charge in [-0.3, -0.25) is 4.79 Å². The van der Waals surface area contributed by atoms with Crippen LogP contribution in [-0.2, 0) is 11.2 Å². The van der Waals surface area contributed by atoms with Crippen molar-refractivity contribution in [3.05, 3.63) is 42.0 Å². The summed E-state index contributed by atoms with van der Waals surface area (Å²) in [5, 5.41) is 2.32. The SMILES string of the molecule is C=C(C)C(=O)Nc1ccc(CC(F)(C(F)(F)F)C(F)(F)F)cc1. The molecule has 0 aliphatic heterocycles. The molecule has 2 nitrogen and oxygen atoms in total. The van der Waals surface area contributed by atoms with Gasteiger partial charge in [-0.2, -0.15) is 26.3 Å². The Morgan fingerprint density at radius 1 is 1.00 bits per heavy atom. The molecule has 0 spiro atoms. The van der Waals surface area contributed by atoms with Gasteiger partial charge >= 0.3 is 18.0 Å². The molecule has 1 N–H and O–H groups in total. The van der Waals surface area contributed by atoms with Crippen molar-refractivity contribution in [2.24, 2.45) is 0 Å². The van der Waals surface area contributed by atoms with Gasteiger partial charge in [0.15, 0.2) is 0 Å². The first kappa shape index (κ1) is 19.0. The molecule has 0 aromatic heterocycles. The standard InChI is InChI=1S/C14H12F7NO/c1-8(2)11(23)22-10-5-3-9(4-6-10)7-12(15,13(16,17)18)14(19,20)21/h3-6H,1,7H2,2H3,(H,22,23). The molecule has 1 aromatic carbocycles. The summed E-state index contributed by atoms with van der Waals surface area (Å²) in [7, 11) is 0. The lowest BCUT2D eigenvalue weighted by molar-refractivity contribution is -0.340.